The van der Waals surface area contributed by atoms with Crippen molar-refractivity contribution in [1.82, 2.24) is 9.55 Å². The number of benzene rings is 1. The summed E-state index contributed by atoms with van der Waals surface area (Å²) in [5.74, 6) is -0.617. The van der Waals surface area contributed by atoms with E-state index >= 15 is 0 Å². The van der Waals surface area contributed by atoms with Crippen molar-refractivity contribution in [2.24, 2.45) is 0 Å². The van der Waals surface area contributed by atoms with Gasteiger partial charge in [-0.15, -0.1) is 0 Å². The third kappa shape index (κ3) is 2.04. The SMILES string of the molecule is CC[C@@]1(O)C(=O)OCc2c1cc1n(c2=O)Cc2c-1nc1ccc(O)cc1c2[Si]. The van der Waals surface area contributed by atoms with E-state index in [-0.39, 0.29) is 24.3 Å². The van der Waals surface area contributed by atoms with E-state index in [1.54, 1.807) is 35.8 Å². The molecule has 2 aliphatic rings. The van der Waals surface area contributed by atoms with E-state index in [9.17, 15) is 19.8 Å². The van der Waals surface area contributed by atoms with Crippen molar-refractivity contribution >= 4 is 32.3 Å². The van der Waals surface area contributed by atoms with Gasteiger partial charge < -0.3 is 19.5 Å². The van der Waals surface area contributed by atoms with Crippen LogP contribution in [0.2, 0.25) is 0 Å². The Labute approximate surface area is 162 Å². The number of aliphatic hydroxyl groups is 1. The van der Waals surface area contributed by atoms with Crippen LogP contribution in [0.3, 0.4) is 0 Å². The Morgan fingerprint density at radius 3 is 2.82 bits per heavy atom. The molecule has 1 aromatic carbocycles. The first-order valence-electron chi connectivity index (χ1n) is 8.89. The van der Waals surface area contributed by atoms with Gasteiger partial charge in [0.25, 0.3) is 5.56 Å². The van der Waals surface area contributed by atoms with Crippen LogP contribution in [0.25, 0.3) is 22.3 Å². The van der Waals surface area contributed by atoms with Crippen molar-refractivity contribution < 1.29 is 19.7 Å². The number of aromatic hydroxyl groups is 1. The van der Waals surface area contributed by atoms with Crippen LogP contribution >= 0.6 is 0 Å². The number of carbonyl (C=O) groups excluding carboxylic acids is 1. The Bertz CT molecular complexity index is 1270. The summed E-state index contributed by atoms with van der Waals surface area (Å²) in [7, 11) is 3.65. The molecule has 2 aromatic heterocycles. The molecule has 0 spiro atoms. The number of pyridine rings is 2. The number of hydrogen-bond donors (Lipinski definition) is 2. The lowest BCUT2D eigenvalue weighted by atomic mass is 9.86. The Hall–Kier alpha value is -2.97. The van der Waals surface area contributed by atoms with Crippen molar-refractivity contribution in [3.8, 4) is 17.1 Å². The lowest BCUT2D eigenvalue weighted by molar-refractivity contribution is -0.172. The predicted molar refractivity (Wildman–Crippen MR) is 102 cm³/mol. The Morgan fingerprint density at radius 1 is 1.29 bits per heavy atom. The van der Waals surface area contributed by atoms with Crippen LogP contribution in [0, 0.1) is 0 Å². The van der Waals surface area contributed by atoms with Crippen LogP contribution in [0.4, 0.5) is 0 Å². The van der Waals surface area contributed by atoms with E-state index in [1.807, 2.05) is 0 Å². The number of hydrogen-bond acceptors (Lipinski definition) is 6. The van der Waals surface area contributed by atoms with E-state index in [2.05, 4.69) is 15.2 Å². The molecule has 2 N–H and O–H groups in total. The summed E-state index contributed by atoms with van der Waals surface area (Å²) in [6, 6.07) is 6.54. The first-order valence-corrected chi connectivity index (χ1v) is 9.39. The average Bonchev–Trinajstić information content (AvgIpc) is 3.05. The van der Waals surface area contributed by atoms with Gasteiger partial charge in [0.1, 0.15) is 12.4 Å². The highest BCUT2D eigenvalue weighted by molar-refractivity contribution is 6.40. The third-order valence-corrected chi connectivity index (χ3v) is 6.24. The molecular formula is C20H15N2O5Si. The Kier molecular flexibility index (Phi) is 3.38. The van der Waals surface area contributed by atoms with Gasteiger partial charge in [-0.2, -0.15) is 0 Å². The highest BCUT2D eigenvalue weighted by Gasteiger charge is 2.45. The lowest BCUT2D eigenvalue weighted by Gasteiger charge is -2.31. The van der Waals surface area contributed by atoms with Gasteiger partial charge in [-0.1, -0.05) is 12.1 Å². The van der Waals surface area contributed by atoms with Crippen molar-refractivity contribution in [1.29, 1.82) is 0 Å². The fourth-order valence-corrected chi connectivity index (χ4v) is 4.47. The molecule has 139 valence electrons. The summed E-state index contributed by atoms with van der Waals surface area (Å²) in [5.41, 5.74) is 1.06. The molecule has 3 radical (unpaired) electrons. The highest BCUT2D eigenvalue weighted by Crippen LogP contribution is 2.38. The first kappa shape index (κ1) is 17.1. The summed E-state index contributed by atoms with van der Waals surface area (Å²) >= 11 is 0. The van der Waals surface area contributed by atoms with E-state index in [1.165, 1.54) is 0 Å². The van der Waals surface area contributed by atoms with E-state index < -0.39 is 11.6 Å². The summed E-state index contributed by atoms with van der Waals surface area (Å²) in [5, 5.41) is 22.2. The van der Waals surface area contributed by atoms with Crippen LogP contribution in [0.1, 0.15) is 30.0 Å². The quantitative estimate of drug-likeness (QED) is 0.364. The number of fused-ring (bicyclic) bond motifs is 5. The van der Waals surface area contributed by atoms with E-state index in [4.69, 9.17) is 4.74 Å². The maximum absolute atomic E-state index is 13.1. The van der Waals surface area contributed by atoms with Gasteiger partial charge in [-0.05, 0) is 36.2 Å². The zero-order valence-electron chi connectivity index (χ0n) is 14.9. The molecule has 0 unspecified atom stereocenters. The Balaban J connectivity index is 1.83. The average molecular weight is 391 g/mol. The summed E-state index contributed by atoms with van der Waals surface area (Å²) < 4.78 is 6.65. The molecule has 3 aromatic rings. The topological polar surface area (TPSA) is 102 Å². The summed E-state index contributed by atoms with van der Waals surface area (Å²) in [6.07, 6.45) is 0.0996. The molecule has 7 nitrogen and oxygen atoms in total. The minimum Gasteiger partial charge on any atom is -0.508 e. The molecule has 2 aliphatic heterocycles. The molecule has 8 heteroatoms. The van der Waals surface area contributed by atoms with E-state index in [0.29, 0.717) is 34.6 Å². The van der Waals surface area contributed by atoms with Gasteiger partial charge in [-0.25, -0.2) is 9.78 Å². The number of rotatable bonds is 1. The second kappa shape index (κ2) is 5.52. The van der Waals surface area contributed by atoms with Crippen LogP contribution in [0.5, 0.6) is 5.75 Å². The van der Waals surface area contributed by atoms with Gasteiger partial charge in [0.2, 0.25) is 0 Å². The second-order valence-electron chi connectivity index (χ2n) is 7.12. The first-order chi connectivity index (χ1) is 13.3. The normalized spacial score (nSPS) is 19.9. The molecule has 0 fully saturated rings. The third-order valence-electron chi connectivity index (χ3n) is 5.67. The molecule has 5 rings (SSSR count). The molecule has 1 atom stereocenters. The monoisotopic (exact) mass is 391 g/mol. The fourth-order valence-electron chi connectivity index (χ4n) is 4.07. The zero-order chi connectivity index (χ0) is 19.8. The van der Waals surface area contributed by atoms with Crippen LogP contribution < -0.4 is 10.7 Å². The summed E-state index contributed by atoms with van der Waals surface area (Å²) in [4.78, 5) is 30.0. The fraction of sp³-hybridized carbons (Fsp3) is 0.250. The van der Waals surface area contributed by atoms with Crippen molar-refractivity contribution in [2.75, 3.05) is 0 Å². The lowest BCUT2D eigenvalue weighted by Crippen LogP contribution is -2.44. The maximum Gasteiger partial charge on any atom is 0.343 e. The molecule has 4 heterocycles. The molecule has 0 aliphatic carbocycles. The van der Waals surface area contributed by atoms with E-state index in [0.717, 1.165) is 16.1 Å². The maximum atomic E-state index is 13.1. The number of aromatic nitrogens is 2. The van der Waals surface area contributed by atoms with Gasteiger partial charge in [-0.3, -0.25) is 4.79 Å². The second-order valence-corrected chi connectivity index (χ2v) is 7.62. The highest BCUT2D eigenvalue weighted by atomic mass is 28.1. The van der Waals surface area contributed by atoms with Gasteiger partial charge in [0.15, 0.2) is 5.60 Å². The van der Waals surface area contributed by atoms with Crippen LogP contribution in [-0.4, -0.2) is 36.0 Å². The molecule has 28 heavy (non-hydrogen) atoms. The number of cyclic esters (lactones) is 1. The zero-order valence-corrected chi connectivity index (χ0v) is 15.9. The van der Waals surface area contributed by atoms with Crippen molar-refractivity contribution in [3.05, 3.63) is 51.3 Å². The molecule has 0 bridgehead atoms. The number of phenolic OH excluding ortho intramolecular Hbond substituents is 1. The van der Waals surface area contributed by atoms with Gasteiger partial charge in [0.05, 0.1) is 39.3 Å². The number of nitrogens with zero attached hydrogens (tertiary/aromatic N) is 2. The molecule has 0 saturated carbocycles. The Morgan fingerprint density at radius 2 is 2.07 bits per heavy atom. The minimum absolute atomic E-state index is 0.0996. The standard InChI is InChI=1S/C20H15N2O5Si/c1-2-20(26)13-6-15-16-11(7-22(15)18(24)12(13)8-27-19(20)25)17(28)10-5-9(23)3-4-14(10)21-16/h3-6,23,26H,2,7-8H2,1H3/t20-/m0/s1. The number of carbonyl (C=O) groups is 1. The summed E-state index contributed by atoms with van der Waals surface area (Å²) in [6.45, 7) is 1.81. The number of ether oxygens (including phenoxy) is 1. The number of esters is 1. The van der Waals surface area contributed by atoms with Crippen molar-refractivity contribution in [3.63, 3.8) is 0 Å². The largest absolute Gasteiger partial charge is 0.508 e. The van der Waals surface area contributed by atoms with Gasteiger partial charge >= 0.3 is 5.97 Å². The van der Waals surface area contributed by atoms with Gasteiger partial charge in [0, 0.05) is 10.9 Å². The minimum atomic E-state index is -1.84. The molecular weight excluding hydrogens is 376 g/mol. The smallest absolute Gasteiger partial charge is 0.343 e. The van der Waals surface area contributed by atoms with Crippen LogP contribution in [-0.2, 0) is 28.3 Å². The predicted octanol–water partition coefficient (Wildman–Crippen LogP) is 0.579. The molecule has 0 amide bonds. The molecule has 0 saturated heterocycles. The number of phenols is 1. The van der Waals surface area contributed by atoms with Crippen LogP contribution in [0.15, 0.2) is 29.1 Å². The van der Waals surface area contributed by atoms with Crippen molar-refractivity contribution in [2.45, 2.75) is 32.1 Å².